The number of aryl methyl sites for hydroxylation is 1. The Labute approximate surface area is 144 Å². The standard InChI is InChI=1S/C16H20BrClN2S/c1-10-3-5-16(6-4-10)9-21-15(20-16)19-14-8-13(18)11(2)7-12(14)17/h7-8,10H,3-6,9H2,1-2H3,(H,19,20). The lowest BCUT2D eigenvalue weighted by Gasteiger charge is -2.32. The Kier molecular flexibility index (Phi) is 4.58. The van der Waals surface area contributed by atoms with Crippen LogP contribution in [0.1, 0.15) is 38.2 Å². The van der Waals surface area contributed by atoms with Crippen molar-refractivity contribution < 1.29 is 0 Å². The summed E-state index contributed by atoms with van der Waals surface area (Å²) in [5.41, 5.74) is 2.26. The number of nitrogens with one attached hydrogen (secondary N) is 1. The third kappa shape index (κ3) is 3.43. The molecule has 5 heteroatoms. The van der Waals surface area contributed by atoms with E-state index in [1.807, 2.05) is 30.8 Å². The summed E-state index contributed by atoms with van der Waals surface area (Å²) < 4.78 is 1.03. The second kappa shape index (κ2) is 6.13. The Morgan fingerprint density at radius 3 is 2.81 bits per heavy atom. The van der Waals surface area contributed by atoms with Crippen LogP contribution >= 0.6 is 39.3 Å². The van der Waals surface area contributed by atoms with Gasteiger partial charge in [-0.05, 0) is 72.2 Å². The second-order valence-electron chi connectivity index (χ2n) is 6.32. The minimum atomic E-state index is 0.181. The third-order valence-electron chi connectivity index (χ3n) is 4.51. The zero-order chi connectivity index (χ0) is 15.0. The molecule has 3 rings (SSSR count). The summed E-state index contributed by atoms with van der Waals surface area (Å²) in [7, 11) is 0. The minimum Gasteiger partial charge on any atom is -0.334 e. The smallest absolute Gasteiger partial charge is 0.161 e. The molecule has 1 fully saturated rings. The van der Waals surface area contributed by atoms with Gasteiger partial charge in [0.15, 0.2) is 5.17 Å². The van der Waals surface area contributed by atoms with Crippen molar-refractivity contribution >= 4 is 50.1 Å². The monoisotopic (exact) mass is 386 g/mol. The molecule has 114 valence electrons. The van der Waals surface area contributed by atoms with Crippen LogP contribution in [0.3, 0.4) is 0 Å². The van der Waals surface area contributed by atoms with Gasteiger partial charge in [-0.3, -0.25) is 4.99 Å². The maximum atomic E-state index is 6.22. The third-order valence-corrected chi connectivity index (χ3v) is 6.72. The topological polar surface area (TPSA) is 24.4 Å². The molecule has 2 aliphatic rings. The van der Waals surface area contributed by atoms with E-state index in [4.69, 9.17) is 16.6 Å². The lowest BCUT2D eigenvalue weighted by Crippen LogP contribution is -2.32. The fraction of sp³-hybridized carbons (Fsp3) is 0.562. The minimum absolute atomic E-state index is 0.181. The van der Waals surface area contributed by atoms with Gasteiger partial charge in [-0.1, -0.05) is 30.3 Å². The Bertz CT molecular complexity index is 580. The van der Waals surface area contributed by atoms with Crippen LogP contribution in [0.5, 0.6) is 0 Å². The van der Waals surface area contributed by atoms with Gasteiger partial charge in [-0.2, -0.15) is 0 Å². The average Bonchev–Trinajstić information content (AvgIpc) is 2.83. The van der Waals surface area contributed by atoms with Crippen LogP contribution in [-0.2, 0) is 0 Å². The molecule has 1 heterocycles. The molecule has 1 N–H and O–H groups in total. The number of hydrogen-bond donors (Lipinski definition) is 1. The van der Waals surface area contributed by atoms with Gasteiger partial charge in [0, 0.05) is 15.2 Å². The molecule has 1 spiro atoms. The molecule has 21 heavy (non-hydrogen) atoms. The predicted octanol–water partition coefficient (Wildman–Crippen LogP) is 5.87. The first-order valence-electron chi connectivity index (χ1n) is 7.43. The molecule has 0 atom stereocenters. The van der Waals surface area contributed by atoms with Gasteiger partial charge in [-0.25, -0.2) is 0 Å². The molecule has 0 aromatic heterocycles. The highest BCUT2D eigenvalue weighted by Gasteiger charge is 2.38. The summed E-state index contributed by atoms with van der Waals surface area (Å²) in [6.07, 6.45) is 5.05. The Balaban J connectivity index is 1.76. The number of anilines is 1. The van der Waals surface area contributed by atoms with Gasteiger partial charge in [0.05, 0.1) is 11.2 Å². The quantitative estimate of drug-likeness (QED) is 0.651. The van der Waals surface area contributed by atoms with Crippen LogP contribution in [0, 0.1) is 12.8 Å². The van der Waals surface area contributed by atoms with E-state index in [0.29, 0.717) is 0 Å². The Morgan fingerprint density at radius 2 is 2.10 bits per heavy atom. The molecule has 0 bridgehead atoms. The number of aliphatic imine (C=N–C) groups is 1. The van der Waals surface area contributed by atoms with Crippen LogP contribution in [0.25, 0.3) is 0 Å². The number of benzene rings is 1. The number of hydrogen-bond acceptors (Lipinski definition) is 3. The van der Waals surface area contributed by atoms with Crippen molar-refractivity contribution in [2.24, 2.45) is 10.9 Å². The van der Waals surface area contributed by atoms with Gasteiger partial charge in [0.1, 0.15) is 0 Å². The summed E-state index contributed by atoms with van der Waals surface area (Å²) in [6, 6.07) is 4.01. The molecule has 1 aliphatic heterocycles. The van der Waals surface area contributed by atoms with E-state index in [9.17, 15) is 0 Å². The van der Waals surface area contributed by atoms with E-state index >= 15 is 0 Å². The lowest BCUT2D eigenvalue weighted by atomic mass is 9.79. The summed E-state index contributed by atoms with van der Waals surface area (Å²) in [5, 5.41) is 5.26. The number of rotatable bonds is 1. The van der Waals surface area contributed by atoms with Gasteiger partial charge in [-0.15, -0.1) is 0 Å². The fourth-order valence-corrected chi connectivity index (χ4v) is 4.88. The predicted molar refractivity (Wildman–Crippen MR) is 97.8 cm³/mol. The SMILES string of the molecule is Cc1cc(Br)c(NC2=NC3(CCC(C)CC3)CS2)cc1Cl. The van der Waals surface area contributed by atoms with Crippen molar-refractivity contribution in [2.75, 3.05) is 11.1 Å². The molecule has 0 saturated heterocycles. The number of amidine groups is 1. The number of nitrogens with zero attached hydrogens (tertiary/aromatic N) is 1. The average molecular weight is 388 g/mol. The van der Waals surface area contributed by atoms with E-state index in [0.717, 1.165) is 37.6 Å². The lowest BCUT2D eigenvalue weighted by molar-refractivity contribution is 0.273. The van der Waals surface area contributed by atoms with Gasteiger partial charge >= 0.3 is 0 Å². The summed E-state index contributed by atoms with van der Waals surface area (Å²) in [6.45, 7) is 4.36. The molecule has 1 aromatic rings. The van der Waals surface area contributed by atoms with Crippen molar-refractivity contribution in [3.8, 4) is 0 Å². The Morgan fingerprint density at radius 1 is 1.38 bits per heavy atom. The van der Waals surface area contributed by atoms with Crippen molar-refractivity contribution in [3.05, 3.63) is 27.2 Å². The maximum Gasteiger partial charge on any atom is 0.161 e. The molecule has 0 radical (unpaired) electrons. The van der Waals surface area contributed by atoms with Crippen LogP contribution in [0.15, 0.2) is 21.6 Å². The Hall–Kier alpha value is -0.190. The summed E-state index contributed by atoms with van der Waals surface area (Å²) in [5.74, 6) is 1.97. The van der Waals surface area contributed by atoms with Crippen molar-refractivity contribution in [1.29, 1.82) is 0 Å². The second-order valence-corrected chi connectivity index (χ2v) is 8.54. The zero-order valence-electron chi connectivity index (χ0n) is 12.4. The van der Waals surface area contributed by atoms with Crippen molar-refractivity contribution in [1.82, 2.24) is 0 Å². The fourth-order valence-electron chi connectivity index (χ4n) is 2.96. The van der Waals surface area contributed by atoms with E-state index < -0.39 is 0 Å². The van der Waals surface area contributed by atoms with E-state index in [-0.39, 0.29) is 5.54 Å². The molecule has 1 aliphatic carbocycles. The van der Waals surface area contributed by atoms with Gasteiger partial charge < -0.3 is 5.32 Å². The van der Waals surface area contributed by atoms with Crippen molar-refractivity contribution in [3.63, 3.8) is 0 Å². The van der Waals surface area contributed by atoms with Gasteiger partial charge in [0.25, 0.3) is 0 Å². The first-order chi connectivity index (χ1) is 9.97. The first-order valence-corrected chi connectivity index (χ1v) is 9.58. The first kappa shape index (κ1) is 15.7. The highest BCUT2D eigenvalue weighted by molar-refractivity contribution is 9.10. The molecule has 0 unspecified atom stereocenters. The molecule has 1 aromatic carbocycles. The molecular formula is C16H20BrClN2S. The normalized spacial score (nSPS) is 28.8. The maximum absolute atomic E-state index is 6.22. The van der Waals surface area contributed by atoms with Crippen LogP contribution in [0.4, 0.5) is 5.69 Å². The van der Waals surface area contributed by atoms with Gasteiger partial charge in [0.2, 0.25) is 0 Å². The molecule has 2 nitrogen and oxygen atoms in total. The van der Waals surface area contributed by atoms with E-state index in [1.165, 1.54) is 25.7 Å². The van der Waals surface area contributed by atoms with Crippen molar-refractivity contribution in [2.45, 2.75) is 45.1 Å². The van der Waals surface area contributed by atoms with Crippen LogP contribution in [0.2, 0.25) is 5.02 Å². The number of thioether (sulfide) groups is 1. The van der Waals surface area contributed by atoms with Crippen LogP contribution < -0.4 is 5.32 Å². The van der Waals surface area contributed by atoms with Crippen LogP contribution in [-0.4, -0.2) is 16.5 Å². The van der Waals surface area contributed by atoms with E-state index in [1.54, 1.807) is 0 Å². The highest BCUT2D eigenvalue weighted by Crippen LogP contribution is 2.42. The molecule has 0 amide bonds. The summed E-state index contributed by atoms with van der Waals surface area (Å²) in [4.78, 5) is 5.01. The van der Waals surface area contributed by atoms with E-state index in [2.05, 4.69) is 28.2 Å². The highest BCUT2D eigenvalue weighted by atomic mass is 79.9. The molecule has 1 saturated carbocycles. The summed E-state index contributed by atoms with van der Waals surface area (Å²) >= 11 is 11.7. The molecular weight excluding hydrogens is 368 g/mol. The largest absolute Gasteiger partial charge is 0.334 e. The zero-order valence-corrected chi connectivity index (χ0v) is 15.5. The number of halogens is 2.